The van der Waals surface area contributed by atoms with Crippen molar-refractivity contribution in [1.82, 2.24) is 4.57 Å². The molecule has 1 heterocycles. The van der Waals surface area contributed by atoms with Crippen molar-refractivity contribution in [2.24, 2.45) is 0 Å². The number of anilines is 3. The number of nitrogens with zero attached hydrogens (tertiary/aromatic N) is 2. The van der Waals surface area contributed by atoms with E-state index in [9.17, 15) is 0 Å². The number of hydrogen-bond acceptors (Lipinski definition) is 1. The van der Waals surface area contributed by atoms with Crippen molar-refractivity contribution in [3.8, 4) is 72.4 Å². The molecule has 1 aliphatic rings. The average molecular weight is 1030 g/mol. The molecule has 1 aliphatic carbocycles. The maximum absolute atomic E-state index is 2.46. The van der Waals surface area contributed by atoms with Gasteiger partial charge in [-0.15, -0.1) is 0 Å². The topological polar surface area (TPSA) is 8.17 Å². The molecule has 0 saturated carbocycles. The lowest BCUT2D eigenvalue weighted by atomic mass is 9.67. The van der Waals surface area contributed by atoms with Gasteiger partial charge in [0.25, 0.3) is 0 Å². The van der Waals surface area contributed by atoms with Crippen molar-refractivity contribution in [2.45, 2.75) is 5.41 Å². The summed E-state index contributed by atoms with van der Waals surface area (Å²) in [7, 11) is 0. The average Bonchev–Trinajstić information content (AvgIpc) is 4.09. The van der Waals surface area contributed by atoms with Gasteiger partial charge in [-0.1, -0.05) is 267 Å². The van der Waals surface area contributed by atoms with Crippen LogP contribution in [-0.2, 0) is 5.41 Å². The standard InChI is InChI=1S/C79H54N2/c1-5-23-57(24-6-1)65-31-13-14-32-66(65)67-33-15-16-34-68(67)71-36-18-21-39-76(71)80(64-49-43-56(44-50-64)59-46-52-73-72-37-19-22-40-77(72)81(78(73)54-59)62-29-11-4-12-30-62)63-47-41-55(42-48-63)58-45-51-70-69-35-17-20-38-74(69)79(75(70)53-58,60-25-7-2-8-26-60)61-27-9-3-10-28-61/h1-54H. The van der Waals surface area contributed by atoms with E-state index in [2.05, 4.69) is 337 Å². The first-order valence-electron chi connectivity index (χ1n) is 28.0. The van der Waals surface area contributed by atoms with Gasteiger partial charge in [0.15, 0.2) is 0 Å². The van der Waals surface area contributed by atoms with Crippen molar-refractivity contribution in [3.05, 3.63) is 350 Å². The van der Waals surface area contributed by atoms with E-state index < -0.39 is 5.41 Å². The Balaban J connectivity index is 0.873. The van der Waals surface area contributed by atoms with Gasteiger partial charge in [-0.25, -0.2) is 0 Å². The molecule has 0 saturated heterocycles. The second kappa shape index (κ2) is 20.0. The first-order valence-corrected chi connectivity index (χ1v) is 28.0. The van der Waals surface area contributed by atoms with Gasteiger partial charge < -0.3 is 9.47 Å². The summed E-state index contributed by atoms with van der Waals surface area (Å²) in [5.74, 6) is 0. The zero-order chi connectivity index (χ0) is 53.7. The maximum Gasteiger partial charge on any atom is 0.0713 e. The molecule has 2 nitrogen and oxygen atoms in total. The largest absolute Gasteiger partial charge is 0.310 e. The minimum Gasteiger partial charge on any atom is -0.310 e. The van der Waals surface area contributed by atoms with E-state index in [1.807, 2.05) is 0 Å². The van der Waals surface area contributed by atoms with Crippen molar-refractivity contribution in [1.29, 1.82) is 0 Å². The van der Waals surface area contributed by atoms with E-state index in [4.69, 9.17) is 0 Å². The van der Waals surface area contributed by atoms with E-state index in [0.717, 1.165) is 50.6 Å². The van der Waals surface area contributed by atoms with Gasteiger partial charge in [-0.05, 0) is 144 Å². The zero-order valence-electron chi connectivity index (χ0n) is 44.6. The first-order chi connectivity index (χ1) is 40.2. The summed E-state index contributed by atoms with van der Waals surface area (Å²) in [5.41, 5.74) is 25.7. The Bertz CT molecular complexity index is 4560. The zero-order valence-corrected chi connectivity index (χ0v) is 44.6. The van der Waals surface area contributed by atoms with E-state index in [0.29, 0.717) is 0 Å². The van der Waals surface area contributed by atoms with Gasteiger partial charge in [-0.2, -0.15) is 0 Å². The van der Waals surface area contributed by atoms with Gasteiger partial charge in [0.2, 0.25) is 0 Å². The van der Waals surface area contributed by atoms with Crippen LogP contribution < -0.4 is 4.90 Å². The van der Waals surface area contributed by atoms with Crippen molar-refractivity contribution < 1.29 is 0 Å². The summed E-state index contributed by atoms with van der Waals surface area (Å²) in [6, 6.07) is 120. The van der Waals surface area contributed by atoms with Gasteiger partial charge in [0.1, 0.15) is 0 Å². The van der Waals surface area contributed by atoms with Crippen molar-refractivity contribution >= 4 is 38.9 Å². The smallest absolute Gasteiger partial charge is 0.0713 e. The van der Waals surface area contributed by atoms with E-state index in [1.165, 1.54) is 83.0 Å². The second-order valence-corrected chi connectivity index (χ2v) is 21.1. The molecule has 0 bridgehead atoms. The number of fused-ring (bicyclic) bond motifs is 6. The Kier molecular flexibility index (Phi) is 11.8. The molecule has 0 aliphatic heterocycles. The van der Waals surface area contributed by atoms with Gasteiger partial charge in [0, 0.05) is 33.4 Å². The summed E-state index contributed by atoms with van der Waals surface area (Å²) in [6.45, 7) is 0. The molecule has 13 aromatic carbocycles. The third-order valence-corrected chi connectivity index (χ3v) is 16.7. The fraction of sp³-hybridized carbons (Fsp3) is 0.0127. The molecule has 15 rings (SSSR count). The highest BCUT2D eigenvalue weighted by Crippen LogP contribution is 2.57. The van der Waals surface area contributed by atoms with E-state index in [-0.39, 0.29) is 0 Å². The SMILES string of the molecule is c1ccc(-c2ccccc2-c2ccccc2-c2ccccc2N(c2ccc(-c3ccc4c(c3)C(c3ccccc3)(c3ccccc3)c3ccccc3-4)cc2)c2ccc(-c3ccc4c5ccccc5n(-c5ccccc5)c4c3)cc2)cc1. The Hall–Kier alpha value is -10.5. The summed E-state index contributed by atoms with van der Waals surface area (Å²) < 4.78 is 2.39. The lowest BCUT2D eigenvalue weighted by molar-refractivity contribution is 0.769. The molecule has 380 valence electrons. The molecular formula is C79H54N2. The number of benzene rings is 13. The predicted octanol–water partition coefficient (Wildman–Crippen LogP) is 21.0. The van der Waals surface area contributed by atoms with Crippen LogP contribution in [0, 0.1) is 0 Å². The number of aromatic nitrogens is 1. The summed E-state index contributed by atoms with van der Waals surface area (Å²) >= 11 is 0. The molecule has 0 spiro atoms. The van der Waals surface area contributed by atoms with Crippen LogP contribution in [0.25, 0.3) is 94.3 Å². The molecule has 0 unspecified atom stereocenters. The first kappa shape index (κ1) is 47.7. The van der Waals surface area contributed by atoms with Crippen LogP contribution >= 0.6 is 0 Å². The second-order valence-electron chi connectivity index (χ2n) is 21.1. The van der Waals surface area contributed by atoms with Crippen LogP contribution in [0.3, 0.4) is 0 Å². The third-order valence-electron chi connectivity index (χ3n) is 16.7. The van der Waals surface area contributed by atoms with Gasteiger partial charge in [-0.3, -0.25) is 0 Å². The van der Waals surface area contributed by atoms with Crippen LogP contribution in [0.5, 0.6) is 0 Å². The van der Waals surface area contributed by atoms with E-state index in [1.54, 1.807) is 0 Å². The van der Waals surface area contributed by atoms with Crippen LogP contribution in [0.2, 0.25) is 0 Å². The fourth-order valence-corrected chi connectivity index (χ4v) is 13.1. The number of hydrogen-bond donors (Lipinski definition) is 0. The molecule has 14 aromatic rings. The van der Waals surface area contributed by atoms with Crippen LogP contribution in [0.15, 0.2) is 328 Å². The monoisotopic (exact) mass is 1030 g/mol. The van der Waals surface area contributed by atoms with Crippen molar-refractivity contribution in [2.75, 3.05) is 4.90 Å². The Morgan fingerprint density at radius 1 is 0.247 bits per heavy atom. The third kappa shape index (κ3) is 8.03. The van der Waals surface area contributed by atoms with Crippen LogP contribution in [0.1, 0.15) is 22.3 Å². The minimum absolute atomic E-state index is 0.485. The molecule has 81 heavy (non-hydrogen) atoms. The van der Waals surface area contributed by atoms with Crippen molar-refractivity contribution in [3.63, 3.8) is 0 Å². The normalized spacial score (nSPS) is 12.3. The predicted molar refractivity (Wildman–Crippen MR) is 340 cm³/mol. The van der Waals surface area contributed by atoms with E-state index >= 15 is 0 Å². The summed E-state index contributed by atoms with van der Waals surface area (Å²) in [4.78, 5) is 2.44. The van der Waals surface area contributed by atoms with Crippen LogP contribution in [0.4, 0.5) is 17.1 Å². The quantitative estimate of drug-likeness (QED) is 0.125. The van der Waals surface area contributed by atoms with Gasteiger partial charge in [0.05, 0.1) is 22.1 Å². The molecular weight excluding hydrogens is 977 g/mol. The minimum atomic E-state index is -0.485. The fourth-order valence-electron chi connectivity index (χ4n) is 13.1. The molecule has 0 atom stereocenters. The van der Waals surface area contributed by atoms with Gasteiger partial charge >= 0.3 is 0 Å². The molecule has 2 heteroatoms. The highest BCUT2D eigenvalue weighted by atomic mass is 15.1. The maximum atomic E-state index is 2.46. The summed E-state index contributed by atoms with van der Waals surface area (Å²) in [6.07, 6.45) is 0. The molecule has 0 radical (unpaired) electrons. The number of rotatable bonds is 11. The molecule has 0 amide bonds. The number of para-hydroxylation sites is 3. The molecule has 0 fully saturated rings. The Morgan fingerprint density at radius 3 is 1.32 bits per heavy atom. The summed E-state index contributed by atoms with van der Waals surface area (Å²) in [5, 5.41) is 2.49. The lowest BCUT2D eigenvalue weighted by Crippen LogP contribution is -2.28. The highest BCUT2D eigenvalue weighted by Gasteiger charge is 2.46. The highest BCUT2D eigenvalue weighted by molar-refractivity contribution is 6.10. The Labute approximate surface area is 473 Å². The Morgan fingerprint density at radius 2 is 0.679 bits per heavy atom. The molecule has 1 aromatic heterocycles. The van der Waals surface area contributed by atoms with Crippen LogP contribution in [-0.4, -0.2) is 4.57 Å². The molecule has 0 N–H and O–H groups in total. The lowest BCUT2D eigenvalue weighted by Gasteiger charge is -2.34.